The average molecular weight is 1410 g/mol. The molecule has 8 N–H and O–H groups in total. The summed E-state index contributed by atoms with van der Waals surface area (Å²) in [6.07, 6.45) is -1.53. The van der Waals surface area contributed by atoms with Crippen molar-refractivity contribution in [1.82, 2.24) is 10.6 Å². The van der Waals surface area contributed by atoms with Crippen LogP contribution in [-0.2, 0) is 28.5 Å². The van der Waals surface area contributed by atoms with Gasteiger partial charge in [-0.2, -0.15) is 0 Å². The van der Waals surface area contributed by atoms with E-state index in [-0.39, 0.29) is 74.2 Å². The molecule has 2 fully saturated rings. The summed E-state index contributed by atoms with van der Waals surface area (Å²) in [4.78, 5) is 78.7. The molecule has 2 atom stereocenters. The normalized spacial score (nSPS) is 18.7. The minimum Gasteiger partial charge on any atom is -0.366 e. The first-order chi connectivity index (χ1) is 24.5. The maximum absolute atomic E-state index is 13.5. The van der Waals surface area contributed by atoms with Crippen LogP contribution in [0.2, 0.25) is 0 Å². The van der Waals surface area contributed by atoms with E-state index >= 15 is 0 Å². The lowest BCUT2D eigenvalue weighted by Gasteiger charge is -2.20. The Morgan fingerprint density at radius 2 is 0.906 bits per heavy atom. The number of ether oxygens (including phenoxy) is 4. The molecule has 2 aromatic rings. The Morgan fingerprint density at radius 1 is 0.585 bits per heavy atom. The smallest absolute Gasteiger partial charge is 0.253 e. The van der Waals surface area contributed by atoms with Crippen LogP contribution in [0.1, 0.15) is 75.5 Å². The Hall–Kier alpha value is -0.520. The van der Waals surface area contributed by atoms with E-state index in [0.717, 1.165) is 0 Å². The number of hydrogen-bond acceptors (Lipinski definition) is 10. The minimum atomic E-state index is -0.826. The van der Waals surface area contributed by atoms with Crippen LogP contribution in [0.3, 0.4) is 0 Å². The van der Waals surface area contributed by atoms with E-state index in [1.54, 1.807) is 27.7 Å². The molecule has 2 aromatic carbocycles. The van der Waals surface area contributed by atoms with Crippen molar-refractivity contribution < 1.29 is 47.7 Å². The van der Waals surface area contributed by atoms with Crippen molar-refractivity contribution >= 4 is 182 Å². The van der Waals surface area contributed by atoms with Crippen LogP contribution in [0.15, 0.2) is 0 Å². The summed E-state index contributed by atoms with van der Waals surface area (Å²) < 4.78 is 24.3. The summed E-state index contributed by atoms with van der Waals surface area (Å²) in [5, 5.41) is 10.9. The zero-order valence-electron chi connectivity index (χ0n) is 28.2. The quantitative estimate of drug-likeness (QED) is 0.131. The number of halogens is 6. The second-order valence-electron chi connectivity index (χ2n) is 12.5. The van der Waals surface area contributed by atoms with Gasteiger partial charge in [-0.3, -0.25) is 28.8 Å². The number of benzene rings is 2. The summed E-state index contributed by atoms with van der Waals surface area (Å²) in [6, 6.07) is 0. The number of nitrogens with one attached hydrogen (secondary N) is 4. The molecule has 4 rings (SSSR count). The van der Waals surface area contributed by atoms with Crippen molar-refractivity contribution in [3.63, 3.8) is 0 Å². The third-order valence-electron chi connectivity index (χ3n) is 7.55. The van der Waals surface area contributed by atoms with E-state index in [2.05, 4.69) is 21.3 Å². The molecule has 0 aromatic heterocycles. The topological polar surface area (TPSA) is 239 Å². The molecule has 16 nitrogen and oxygen atoms in total. The van der Waals surface area contributed by atoms with E-state index in [4.69, 9.17) is 30.4 Å². The van der Waals surface area contributed by atoms with Crippen molar-refractivity contribution in [2.75, 3.05) is 36.9 Å². The van der Waals surface area contributed by atoms with E-state index in [1.165, 1.54) is 0 Å². The molecule has 288 valence electrons. The lowest BCUT2D eigenvalue weighted by molar-refractivity contribution is -0.138. The fourth-order valence-electron chi connectivity index (χ4n) is 5.21. The van der Waals surface area contributed by atoms with E-state index in [1.807, 2.05) is 136 Å². The summed E-state index contributed by atoms with van der Waals surface area (Å²) in [6.45, 7) is 7.82. The Bertz CT molecular complexity index is 1780. The van der Waals surface area contributed by atoms with Crippen LogP contribution >= 0.6 is 136 Å². The molecule has 2 heterocycles. The van der Waals surface area contributed by atoms with Crippen LogP contribution in [0.25, 0.3) is 0 Å². The van der Waals surface area contributed by atoms with Gasteiger partial charge in [0.15, 0.2) is 11.6 Å². The van der Waals surface area contributed by atoms with Crippen molar-refractivity contribution in [3.8, 4) is 0 Å². The van der Waals surface area contributed by atoms with Crippen LogP contribution < -0.4 is 32.7 Å². The van der Waals surface area contributed by atoms with Gasteiger partial charge in [-0.25, -0.2) is 0 Å². The zero-order chi connectivity index (χ0) is 39.7. The molecule has 53 heavy (non-hydrogen) atoms. The van der Waals surface area contributed by atoms with Gasteiger partial charge < -0.3 is 51.7 Å². The van der Waals surface area contributed by atoms with E-state index < -0.39 is 65.6 Å². The van der Waals surface area contributed by atoms with Crippen LogP contribution in [0, 0.1) is 21.4 Å². The second-order valence-corrected chi connectivity index (χ2v) is 18.9. The van der Waals surface area contributed by atoms with Crippen LogP contribution in [0.4, 0.5) is 11.4 Å². The number of carbonyl (C=O) groups excluding carboxylic acids is 6. The molecule has 22 heteroatoms. The van der Waals surface area contributed by atoms with E-state index in [9.17, 15) is 28.8 Å². The fraction of sp³-hybridized carbons (Fsp3) is 0.419. The van der Waals surface area contributed by atoms with Gasteiger partial charge in [0.05, 0.1) is 61.1 Å². The minimum absolute atomic E-state index is 0.0154. The number of rotatable bonds is 12. The van der Waals surface area contributed by atoms with Gasteiger partial charge in [-0.15, -0.1) is 0 Å². The molecule has 0 bridgehead atoms. The number of anilines is 2. The lowest BCUT2D eigenvalue weighted by Crippen LogP contribution is -2.36. The molecule has 0 aliphatic carbocycles. The molecule has 0 spiro atoms. The van der Waals surface area contributed by atoms with Crippen molar-refractivity contribution in [2.24, 2.45) is 11.5 Å². The average Bonchev–Trinajstić information content (AvgIpc) is 3.57. The zero-order valence-corrected chi connectivity index (χ0v) is 41.1. The van der Waals surface area contributed by atoms with Gasteiger partial charge in [0.1, 0.15) is 18.6 Å². The highest BCUT2D eigenvalue weighted by Crippen LogP contribution is 2.37. The molecule has 0 radical (unpaired) electrons. The fourth-order valence-corrected chi connectivity index (χ4v) is 14.1. The SMILES string of the molecule is CC1(C)OCC(CNC(=O)c2c(I)c(NC(=O)CC(=O)Nc3c(I)c(C(N)=O)c(I)c(C(=O)NCC4COC(C)(C)O4)c3I)c(I)c(C(N)=O)c2I)O1. The first-order valence-corrected chi connectivity index (χ1v) is 21.8. The summed E-state index contributed by atoms with van der Waals surface area (Å²) >= 11 is 11.2. The molecule has 2 aliphatic rings. The molecule has 2 aliphatic heterocycles. The van der Waals surface area contributed by atoms with Gasteiger partial charge in [-0.05, 0) is 163 Å². The van der Waals surface area contributed by atoms with Gasteiger partial charge >= 0.3 is 0 Å². The standard InChI is InChI=1S/C31H32I6N6O10/c1-30(2)50-8-10(52-30)6-40-28(48)16-18(32)14(26(38)46)20(34)24(22(16)36)42-12(44)5-13(45)43-25-21(35)15(27(39)47)19(33)17(23(25)37)29(49)41-7-11-9-51-31(3,4)53-11/h10-11H,5-9H2,1-4H3,(H2,38,46)(H2,39,47)(H,40,48)(H,41,49)(H,42,44)(H,43,45). The monoisotopic (exact) mass is 1410 g/mol. The largest absolute Gasteiger partial charge is 0.366 e. The van der Waals surface area contributed by atoms with Crippen molar-refractivity contribution in [2.45, 2.75) is 57.9 Å². The predicted octanol–water partition coefficient (Wildman–Crippen LogP) is 4.24. The molecule has 6 amide bonds. The lowest BCUT2D eigenvalue weighted by atomic mass is 10.1. The Balaban J connectivity index is 1.56. The molecular formula is C31H32I6N6O10. The number of hydrogen-bond donors (Lipinski definition) is 6. The van der Waals surface area contributed by atoms with Crippen molar-refractivity contribution in [3.05, 3.63) is 43.7 Å². The Labute approximate surface area is 385 Å². The van der Waals surface area contributed by atoms with Gasteiger partial charge in [-0.1, -0.05) is 0 Å². The predicted molar refractivity (Wildman–Crippen MR) is 243 cm³/mol. The van der Waals surface area contributed by atoms with Gasteiger partial charge in [0.2, 0.25) is 11.8 Å². The first kappa shape index (κ1) is 45.2. The molecular weight excluding hydrogens is 1380 g/mol. The Morgan fingerprint density at radius 3 is 1.19 bits per heavy atom. The highest BCUT2D eigenvalue weighted by molar-refractivity contribution is 14.1. The molecule has 0 saturated carbocycles. The Kier molecular flexibility index (Phi) is 15.7. The first-order valence-electron chi connectivity index (χ1n) is 15.3. The highest BCUT2D eigenvalue weighted by atomic mass is 127. The number of carbonyl (C=O) groups is 6. The molecule has 2 unspecified atom stereocenters. The number of primary amides is 2. The summed E-state index contributed by atoms with van der Waals surface area (Å²) in [5.74, 6) is -5.89. The summed E-state index contributed by atoms with van der Waals surface area (Å²) in [7, 11) is 0. The second kappa shape index (κ2) is 18.4. The third-order valence-corrected chi connectivity index (χ3v) is 14.0. The maximum Gasteiger partial charge on any atom is 0.253 e. The van der Waals surface area contributed by atoms with Crippen LogP contribution in [0.5, 0.6) is 0 Å². The van der Waals surface area contributed by atoms with Gasteiger partial charge in [0.25, 0.3) is 23.6 Å². The number of nitrogens with two attached hydrogens (primary N) is 2. The highest BCUT2D eigenvalue weighted by Gasteiger charge is 2.35. The molecule has 2 saturated heterocycles. The van der Waals surface area contributed by atoms with E-state index in [0.29, 0.717) is 7.14 Å². The number of amides is 6. The maximum atomic E-state index is 13.5. The third kappa shape index (κ3) is 10.9. The van der Waals surface area contributed by atoms with Crippen molar-refractivity contribution in [1.29, 1.82) is 0 Å². The van der Waals surface area contributed by atoms with Crippen LogP contribution in [-0.4, -0.2) is 85.5 Å². The summed E-state index contributed by atoms with van der Waals surface area (Å²) in [5.41, 5.74) is 11.8. The van der Waals surface area contributed by atoms with Gasteiger partial charge in [0, 0.05) is 20.2 Å².